The number of nitrogens with zero attached hydrogens (tertiary/aromatic N) is 2. The van der Waals surface area contributed by atoms with Crippen molar-refractivity contribution in [3.63, 3.8) is 0 Å². The number of benzene rings is 2. The summed E-state index contributed by atoms with van der Waals surface area (Å²) in [4.78, 5) is 26.4. The van der Waals surface area contributed by atoms with Crippen molar-refractivity contribution in [1.82, 2.24) is 4.90 Å². The second kappa shape index (κ2) is 8.26. The summed E-state index contributed by atoms with van der Waals surface area (Å²) in [6, 6.07) is 13.1. The number of piperidine rings is 1. The van der Waals surface area contributed by atoms with E-state index in [0.29, 0.717) is 42.1 Å². The van der Waals surface area contributed by atoms with Gasteiger partial charge >= 0.3 is 5.97 Å². The molecule has 1 saturated heterocycles. The van der Waals surface area contributed by atoms with Crippen molar-refractivity contribution in [3.8, 4) is 6.07 Å². The van der Waals surface area contributed by atoms with E-state index in [1.807, 2.05) is 42.2 Å². The van der Waals surface area contributed by atoms with Crippen molar-refractivity contribution < 1.29 is 14.7 Å². The highest BCUT2D eigenvalue weighted by atomic mass is 16.4. The predicted molar refractivity (Wildman–Crippen MR) is 107 cm³/mol. The molecule has 2 aromatic rings. The van der Waals surface area contributed by atoms with Gasteiger partial charge in [0.05, 0.1) is 17.2 Å². The number of rotatable bonds is 4. The third kappa shape index (κ3) is 3.91. The van der Waals surface area contributed by atoms with Crippen LogP contribution in [0.2, 0.25) is 0 Å². The highest BCUT2D eigenvalue weighted by Crippen LogP contribution is 2.29. The number of amides is 1. The fourth-order valence-electron chi connectivity index (χ4n) is 3.91. The molecule has 1 aliphatic heterocycles. The molecule has 1 aliphatic rings. The zero-order chi connectivity index (χ0) is 20.3. The number of likely N-dealkylation sites (tertiary alicyclic amines) is 1. The largest absolute Gasteiger partial charge is 0.478 e. The summed E-state index contributed by atoms with van der Waals surface area (Å²) in [6.07, 6.45) is 2.40. The summed E-state index contributed by atoms with van der Waals surface area (Å²) in [6.45, 7) is 5.02. The van der Waals surface area contributed by atoms with Crippen molar-refractivity contribution in [2.75, 3.05) is 13.1 Å². The van der Waals surface area contributed by atoms with Crippen LogP contribution in [0.1, 0.15) is 68.7 Å². The van der Waals surface area contributed by atoms with E-state index in [9.17, 15) is 14.7 Å². The zero-order valence-electron chi connectivity index (χ0n) is 16.2. The summed E-state index contributed by atoms with van der Waals surface area (Å²) in [7, 11) is 0. The Balaban J connectivity index is 1.75. The number of carboxylic acids is 1. The molecule has 0 bridgehead atoms. The normalized spacial score (nSPS) is 14.5. The van der Waals surface area contributed by atoms with Gasteiger partial charge in [-0.2, -0.15) is 5.26 Å². The molecule has 1 heterocycles. The maximum Gasteiger partial charge on any atom is 0.335 e. The quantitative estimate of drug-likeness (QED) is 0.869. The Morgan fingerprint density at radius 1 is 1.14 bits per heavy atom. The lowest BCUT2D eigenvalue weighted by Crippen LogP contribution is -2.38. The monoisotopic (exact) mass is 376 g/mol. The summed E-state index contributed by atoms with van der Waals surface area (Å²) >= 11 is 0. The van der Waals surface area contributed by atoms with Gasteiger partial charge in [0.15, 0.2) is 0 Å². The van der Waals surface area contributed by atoms with Crippen LogP contribution in [0.3, 0.4) is 0 Å². The molecular weight excluding hydrogens is 352 g/mol. The van der Waals surface area contributed by atoms with Crippen LogP contribution < -0.4 is 0 Å². The molecule has 1 amide bonds. The Morgan fingerprint density at radius 2 is 1.79 bits per heavy atom. The van der Waals surface area contributed by atoms with E-state index in [0.717, 1.165) is 18.4 Å². The first-order chi connectivity index (χ1) is 13.4. The minimum atomic E-state index is -1.01. The molecule has 28 heavy (non-hydrogen) atoms. The Hall–Kier alpha value is -3.13. The van der Waals surface area contributed by atoms with Crippen LogP contribution >= 0.6 is 0 Å². The molecule has 0 saturated carbocycles. The van der Waals surface area contributed by atoms with Crippen LogP contribution in [0.5, 0.6) is 0 Å². The van der Waals surface area contributed by atoms with E-state index in [-0.39, 0.29) is 11.5 Å². The molecule has 1 fully saturated rings. The molecule has 0 spiro atoms. The van der Waals surface area contributed by atoms with Crippen molar-refractivity contribution in [2.45, 2.75) is 39.0 Å². The second-order valence-electron chi connectivity index (χ2n) is 7.28. The Kier molecular flexibility index (Phi) is 5.79. The van der Waals surface area contributed by atoms with Crippen molar-refractivity contribution in [3.05, 3.63) is 69.8 Å². The number of carbonyl (C=O) groups is 2. The van der Waals surface area contributed by atoms with Gasteiger partial charge in [-0.05, 0) is 67.0 Å². The zero-order valence-corrected chi connectivity index (χ0v) is 16.2. The van der Waals surface area contributed by atoms with Gasteiger partial charge in [-0.15, -0.1) is 0 Å². The predicted octanol–water partition coefficient (Wildman–Crippen LogP) is 4.15. The summed E-state index contributed by atoms with van der Waals surface area (Å²) in [5, 5.41) is 18.3. The van der Waals surface area contributed by atoms with Crippen LogP contribution in [0, 0.1) is 18.3 Å². The van der Waals surface area contributed by atoms with Gasteiger partial charge in [-0.25, -0.2) is 4.79 Å². The average molecular weight is 376 g/mol. The van der Waals surface area contributed by atoms with Gasteiger partial charge in [0, 0.05) is 18.7 Å². The van der Waals surface area contributed by atoms with Crippen LogP contribution in [0.15, 0.2) is 36.4 Å². The van der Waals surface area contributed by atoms with Crippen LogP contribution in [0.4, 0.5) is 0 Å². The molecule has 5 heteroatoms. The molecule has 0 aliphatic carbocycles. The van der Waals surface area contributed by atoms with E-state index in [4.69, 9.17) is 5.26 Å². The van der Waals surface area contributed by atoms with Gasteiger partial charge < -0.3 is 10.0 Å². The molecule has 0 aromatic heterocycles. The molecule has 2 aromatic carbocycles. The smallest absolute Gasteiger partial charge is 0.335 e. The summed E-state index contributed by atoms with van der Waals surface area (Å²) < 4.78 is 0. The lowest BCUT2D eigenvalue weighted by atomic mass is 9.88. The fourth-order valence-corrected chi connectivity index (χ4v) is 3.91. The molecule has 3 rings (SSSR count). The standard InChI is InChI=1S/C23H24N2O3/c1-3-17-12-15(2)20(23(27)28)13-21(17)22(26)25-10-8-19(9-11-25)18-6-4-16(14-24)5-7-18/h4-7,12-13,19H,3,8-11H2,1-2H3,(H,27,28). The third-order valence-corrected chi connectivity index (χ3v) is 5.59. The van der Waals surface area contributed by atoms with Crippen LogP contribution in [0.25, 0.3) is 0 Å². The average Bonchev–Trinajstić information content (AvgIpc) is 2.73. The molecular formula is C23H24N2O3. The number of carboxylic acid groups (broad SMARTS) is 1. The number of carbonyl (C=O) groups excluding carboxylic acids is 1. The van der Waals surface area contributed by atoms with Crippen molar-refractivity contribution in [1.29, 1.82) is 5.26 Å². The van der Waals surface area contributed by atoms with Gasteiger partial charge in [0.2, 0.25) is 0 Å². The van der Waals surface area contributed by atoms with E-state index in [1.54, 1.807) is 6.92 Å². The van der Waals surface area contributed by atoms with Crippen LogP contribution in [-0.2, 0) is 6.42 Å². The van der Waals surface area contributed by atoms with E-state index in [1.165, 1.54) is 11.6 Å². The number of hydrogen-bond acceptors (Lipinski definition) is 3. The number of nitriles is 1. The van der Waals surface area contributed by atoms with Crippen LogP contribution in [-0.4, -0.2) is 35.0 Å². The summed E-state index contributed by atoms with van der Waals surface area (Å²) in [5.41, 5.74) is 4.11. The first kappa shape index (κ1) is 19.6. The number of hydrogen-bond donors (Lipinski definition) is 1. The van der Waals surface area contributed by atoms with E-state index >= 15 is 0 Å². The van der Waals surface area contributed by atoms with Gasteiger partial charge in [-0.1, -0.05) is 25.1 Å². The third-order valence-electron chi connectivity index (χ3n) is 5.59. The Morgan fingerprint density at radius 3 is 2.32 bits per heavy atom. The van der Waals surface area contributed by atoms with Gasteiger partial charge in [0.25, 0.3) is 5.91 Å². The lowest BCUT2D eigenvalue weighted by molar-refractivity contribution is 0.0696. The highest BCUT2D eigenvalue weighted by Gasteiger charge is 2.26. The fraction of sp³-hybridized carbons (Fsp3) is 0.348. The second-order valence-corrected chi connectivity index (χ2v) is 7.28. The molecule has 0 radical (unpaired) electrons. The molecule has 0 atom stereocenters. The highest BCUT2D eigenvalue weighted by molar-refractivity contribution is 5.99. The SMILES string of the molecule is CCc1cc(C)c(C(=O)O)cc1C(=O)N1CCC(c2ccc(C#N)cc2)CC1. The Labute approximate surface area is 165 Å². The maximum absolute atomic E-state index is 13.1. The summed E-state index contributed by atoms with van der Waals surface area (Å²) in [5.74, 6) is -0.721. The molecule has 5 nitrogen and oxygen atoms in total. The minimum Gasteiger partial charge on any atom is -0.478 e. The number of aromatic carboxylic acids is 1. The van der Waals surface area contributed by atoms with Crippen molar-refractivity contribution in [2.24, 2.45) is 0 Å². The number of aryl methyl sites for hydroxylation is 2. The first-order valence-electron chi connectivity index (χ1n) is 9.60. The van der Waals surface area contributed by atoms with E-state index in [2.05, 4.69) is 6.07 Å². The van der Waals surface area contributed by atoms with Gasteiger partial charge in [-0.3, -0.25) is 4.79 Å². The topological polar surface area (TPSA) is 81.4 Å². The molecule has 0 unspecified atom stereocenters. The van der Waals surface area contributed by atoms with E-state index < -0.39 is 5.97 Å². The van der Waals surface area contributed by atoms with Crippen molar-refractivity contribution >= 4 is 11.9 Å². The maximum atomic E-state index is 13.1. The Bertz CT molecular complexity index is 934. The minimum absolute atomic E-state index is 0.0855. The molecule has 144 valence electrons. The molecule has 1 N–H and O–H groups in total. The first-order valence-corrected chi connectivity index (χ1v) is 9.60. The van der Waals surface area contributed by atoms with Gasteiger partial charge in [0.1, 0.15) is 0 Å². The lowest BCUT2D eigenvalue weighted by Gasteiger charge is -2.33.